The summed E-state index contributed by atoms with van der Waals surface area (Å²) in [7, 11) is 0. The largest absolute Gasteiger partial charge is 0.487 e. The van der Waals surface area contributed by atoms with Crippen molar-refractivity contribution in [1.82, 2.24) is 5.32 Å². The van der Waals surface area contributed by atoms with Gasteiger partial charge < -0.3 is 10.1 Å². The van der Waals surface area contributed by atoms with Gasteiger partial charge in [0.25, 0.3) is 5.91 Å². The van der Waals surface area contributed by atoms with Crippen molar-refractivity contribution in [2.75, 3.05) is 0 Å². The van der Waals surface area contributed by atoms with E-state index >= 15 is 0 Å². The third kappa shape index (κ3) is 5.85. The summed E-state index contributed by atoms with van der Waals surface area (Å²) < 4.78 is 7.97. The highest BCUT2D eigenvalue weighted by atomic mass is 127. The number of ether oxygens (including phenoxy) is 1. The van der Waals surface area contributed by atoms with E-state index in [9.17, 15) is 4.79 Å². The molecule has 0 bridgehead atoms. The minimum Gasteiger partial charge on any atom is -0.487 e. The Hall–Kier alpha value is -2.62. The number of amides is 1. The van der Waals surface area contributed by atoms with E-state index in [0.717, 1.165) is 37.0 Å². The fourth-order valence-corrected chi connectivity index (χ4v) is 6.45. The van der Waals surface area contributed by atoms with Gasteiger partial charge in [-0.25, -0.2) is 4.99 Å². The molecule has 0 aromatic heterocycles. The summed E-state index contributed by atoms with van der Waals surface area (Å²) in [5.41, 5.74) is 4.10. The third-order valence-corrected chi connectivity index (χ3v) is 8.04. The van der Waals surface area contributed by atoms with Gasteiger partial charge in [-0.2, -0.15) is 0 Å². The zero-order valence-electron chi connectivity index (χ0n) is 19.4. The van der Waals surface area contributed by atoms with Gasteiger partial charge in [-0.3, -0.25) is 4.79 Å². The van der Waals surface area contributed by atoms with Gasteiger partial charge in [0.2, 0.25) is 0 Å². The van der Waals surface area contributed by atoms with E-state index in [2.05, 4.69) is 98.2 Å². The molecule has 7 heteroatoms. The topological polar surface area (TPSA) is 50.7 Å². The number of nitrogens with zero attached hydrogens (tertiary/aromatic N) is 1. The van der Waals surface area contributed by atoms with Crippen molar-refractivity contribution >= 4 is 83.9 Å². The predicted molar refractivity (Wildman–Crippen MR) is 162 cm³/mol. The molecule has 4 aromatic rings. The third-order valence-electron chi connectivity index (χ3n) is 5.74. The van der Waals surface area contributed by atoms with E-state index in [4.69, 9.17) is 4.74 Å². The molecule has 1 aliphatic heterocycles. The monoisotopic (exact) mass is 668 g/mol. The number of hydrogen-bond donors (Lipinski definition) is 1. The van der Waals surface area contributed by atoms with Gasteiger partial charge in [-0.1, -0.05) is 55.5 Å². The highest BCUT2D eigenvalue weighted by Gasteiger charge is 2.24. The normalized spacial score (nSPS) is 15.6. The Balaban J connectivity index is 1.30. The number of nitrogens with one attached hydrogen (secondary N) is 1. The van der Waals surface area contributed by atoms with Crippen LogP contribution in [-0.4, -0.2) is 11.1 Å². The van der Waals surface area contributed by atoms with E-state index in [1.807, 2.05) is 42.5 Å². The van der Waals surface area contributed by atoms with E-state index in [-0.39, 0.29) is 5.91 Å². The molecule has 0 spiro atoms. The van der Waals surface area contributed by atoms with Gasteiger partial charge in [0.05, 0.1) is 18.6 Å². The SMILES string of the molecule is CCc1ccc(N=C2NC(=O)/C(=C/c3cc(Br)c(OCc4ccc5ccccc5c4)c(I)c3)S2)cc1. The van der Waals surface area contributed by atoms with Crippen molar-refractivity contribution in [2.24, 2.45) is 4.99 Å². The summed E-state index contributed by atoms with van der Waals surface area (Å²) in [6, 6.07) is 26.7. The Kier molecular flexibility index (Phi) is 7.79. The van der Waals surface area contributed by atoms with Gasteiger partial charge in [0.1, 0.15) is 12.4 Å². The second kappa shape index (κ2) is 11.2. The van der Waals surface area contributed by atoms with Crippen molar-refractivity contribution in [1.29, 1.82) is 0 Å². The lowest BCUT2D eigenvalue weighted by atomic mass is 10.1. The average Bonchev–Trinajstić information content (AvgIpc) is 3.22. The summed E-state index contributed by atoms with van der Waals surface area (Å²) >= 11 is 7.27. The van der Waals surface area contributed by atoms with Crippen LogP contribution in [0, 0.1) is 3.57 Å². The van der Waals surface area contributed by atoms with Crippen molar-refractivity contribution < 1.29 is 9.53 Å². The number of aryl methyl sites for hydroxylation is 1. The molecule has 4 aromatic carbocycles. The standard InChI is InChI=1S/C29H22BrIN2O2S/c1-2-18-8-11-23(12-9-18)32-29-33-28(34)26(36-29)16-20-14-24(30)27(25(31)15-20)35-17-19-7-10-21-5-3-4-6-22(21)13-19/h3-16H,2,17H2,1H3,(H,32,33,34)/b26-16-. The molecule has 1 amide bonds. The zero-order chi connectivity index (χ0) is 25.1. The van der Waals surface area contributed by atoms with Gasteiger partial charge in [-0.15, -0.1) is 0 Å². The minimum atomic E-state index is -0.147. The summed E-state index contributed by atoms with van der Waals surface area (Å²) in [4.78, 5) is 17.7. The highest BCUT2D eigenvalue weighted by Crippen LogP contribution is 2.35. The Morgan fingerprint density at radius 2 is 1.75 bits per heavy atom. The molecule has 1 fully saturated rings. The lowest BCUT2D eigenvalue weighted by Crippen LogP contribution is -2.19. The quantitative estimate of drug-likeness (QED) is 0.166. The maximum atomic E-state index is 12.5. The van der Waals surface area contributed by atoms with E-state index < -0.39 is 0 Å². The number of carbonyl (C=O) groups excluding carboxylic acids is 1. The maximum Gasteiger partial charge on any atom is 0.264 e. The number of halogens is 2. The van der Waals surface area contributed by atoms with E-state index in [0.29, 0.717) is 16.7 Å². The molecule has 1 aliphatic rings. The predicted octanol–water partition coefficient (Wildman–Crippen LogP) is 8.24. The number of carbonyl (C=O) groups is 1. The smallest absolute Gasteiger partial charge is 0.264 e. The average molecular weight is 669 g/mol. The summed E-state index contributed by atoms with van der Waals surface area (Å²) in [6.07, 6.45) is 2.86. The molecule has 0 radical (unpaired) electrons. The van der Waals surface area contributed by atoms with Crippen LogP contribution in [0.15, 0.2) is 93.2 Å². The second-order valence-electron chi connectivity index (χ2n) is 8.29. The molecule has 36 heavy (non-hydrogen) atoms. The number of hydrogen-bond acceptors (Lipinski definition) is 4. The number of benzene rings is 4. The minimum absolute atomic E-state index is 0.147. The Bertz CT molecular complexity index is 1490. The van der Waals surface area contributed by atoms with Crippen LogP contribution in [-0.2, 0) is 17.8 Å². The number of aliphatic imine (C=N–C) groups is 1. The lowest BCUT2D eigenvalue weighted by Gasteiger charge is -2.12. The number of fused-ring (bicyclic) bond motifs is 1. The van der Waals surface area contributed by atoms with Crippen LogP contribution >= 0.6 is 50.3 Å². The lowest BCUT2D eigenvalue weighted by molar-refractivity contribution is -0.115. The number of thioether (sulfide) groups is 1. The van der Waals surface area contributed by atoms with Gasteiger partial charge in [-0.05, 0) is 121 Å². The molecule has 0 atom stereocenters. The van der Waals surface area contributed by atoms with Crippen molar-refractivity contribution in [3.05, 3.63) is 109 Å². The molecule has 4 nitrogen and oxygen atoms in total. The maximum absolute atomic E-state index is 12.5. The summed E-state index contributed by atoms with van der Waals surface area (Å²) in [5.74, 6) is 0.638. The van der Waals surface area contributed by atoms with Crippen LogP contribution in [0.1, 0.15) is 23.6 Å². The van der Waals surface area contributed by atoms with Crippen LogP contribution in [0.25, 0.3) is 16.8 Å². The first-order chi connectivity index (χ1) is 17.5. The Labute approximate surface area is 236 Å². The van der Waals surface area contributed by atoms with Crippen LogP contribution in [0.4, 0.5) is 5.69 Å². The molecule has 1 N–H and O–H groups in total. The van der Waals surface area contributed by atoms with Gasteiger partial charge >= 0.3 is 0 Å². The number of rotatable bonds is 6. The van der Waals surface area contributed by atoms with Crippen LogP contribution in [0.2, 0.25) is 0 Å². The fourth-order valence-electron chi connectivity index (χ4n) is 3.84. The first-order valence-corrected chi connectivity index (χ1v) is 14.2. The molecule has 0 unspecified atom stereocenters. The molecule has 0 saturated carbocycles. The summed E-state index contributed by atoms with van der Waals surface area (Å²) in [5, 5.41) is 5.85. The zero-order valence-corrected chi connectivity index (χ0v) is 24.0. The fraction of sp³-hybridized carbons (Fsp3) is 0.103. The molecule has 1 heterocycles. The van der Waals surface area contributed by atoms with Gasteiger partial charge in [0, 0.05) is 0 Å². The van der Waals surface area contributed by atoms with Crippen LogP contribution in [0.3, 0.4) is 0 Å². The first kappa shape index (κ1) is 25.0. The Morgan fingerprint density at radius 3 is 2.50 bits per heavy atom. The Morgan fingerprint density at radius 1 is 1.00 bits per heavy atom. The molecule has 180 valence electrons. The van der Waals surface area contributed by atoms with Crippen LogP contribution < -0.4 is 10.1 Å². The van der Waals surface area contributed by atoms with E-state index in [1.165, 1.54) is 28.1 Å². The van der Waals surface area contributed by atoms with Crippen molar-refractivity contribution in [3.63, 3.8) is 0 Å². The number of amidine groups is 1. The second-order valence-corrected chi connectivity index (χ2v) is 11.3. The van der Waals surface area contributed by atoms with Gasteiger partial charge in [0.15, 0.2) is 5.17 Å². The first-order valence-electron chi connectivity index (χ1n) is 11.5. The van der Waals surface area contributed by atoms with Crippen molar-refractivity contribution in [2.45, 2.75) is 20.0 Å². The molecule has 1 saturated heterocycles. The molecular weight excluding hydrogens is 647 g/mol. The van der Waals surface area contributed by atoms with E-state index in [1.54, 1.807) is 0 Å². The summed E-state index contributed by atoms with van der Waals surface area (Å²) in [6.45, 7) is 2.59. The highest BCUT2D eigenvalue weighted by molar-refractivity contribution is 14.1. The molecular formula is C29H22BrIN2O2S. The molecule has 5 rings (SSSR count). The molecule has 0 aliphatic carbocycles. The van der Waals surface area contributed by atoms with Crippen molar-refractivity contribution in [3.8, 4) is 5.75 Å². The van der Waals surface area contributed by atoms with Crippen LogP contribution in [0.5, 0.6) is 5.75 Å².